The van der Waals surface area contributed by atoms with Crippen LogP contribution >= 0.6 is 0 Å². The Morgan fingerprint density at radius 1 is 1.24 bits per heavy atom. The summed E-state index contributed by atoms with van der Waals surface area (Å²) >= 11 is 0. The summed E-state index contributed by atoms with van der Waals surface area (Å²) in [5.41, 5.74) is 0.992. The standard InChI is InChI=1S/C16H18N2O3/c1-4-21-14-7-5-13(6-8-14)15(19)10-18-12(3)17-11(2)9-16(18)20/h5-9H,4,10H2,1-3H3. The largest absolute Gasteiger partial charge is 0.494 e. The zero-order valence-electron chi connectivity index (χ0n) is 12.4. The molecule has 2 rings (SSSR count). The Balaban J connectivity index is 2.20. The number of nitrogens with zero attached hydrogens (tertiary/aromatic N) is 2. The van der Waals surface area contributed by atoms with Gasteiger partial charge in [-0.1, -0.05) is 0 Å². The molecule has 1 aromatic carbocycles. The van der Waals surface area contributed by atoms with Gasteiger partial charge in [0, 0.05) is 17.3 Å². The van der Waals surface area contributed by atoms with E-state index >= 15 is 0 Å². The fourth-order valence-corrected chi connectivity index (χ4v) is 2.09. The van der Waals surface area contributed by atoms with Crippen molar-refractivity contribution >= 4 is 5.78 Å². The molecule has 1 heterocycles. The number of aromatic nitrogens is 2. The van der Waals surface area contributed by atoms with Crippen LogP contribution in [0, 0.1) is 13.8 Å². The van der Waals surface area contributed by atoms with E-state index in [1.807, 2.05) is 6.92 Å². The highest BCUT2D eigenvalue weighted by atomic mass is 16.5. The zero-order valence-corrected chi connectivity index (χ0v) is 12.4. The van der Waals surface area contributed by atoms with Gasteiger partial charge in [0.1, 0.15) is 11.6 Å². The van der Waals surface area contributed by atoms with Gasteiger partial charge in [0.25, 0.3) is 5.56 Å². The normalized spacial score (nSPS) is 10.4. The Bertz CT molecular complexity index is 702. The van der Waals surface area contributed by atoms with Crippen LogP contribution in [0.1, 0.15) is 28.8 Å². The van der Waals surface area contributed by atoms with E-state index in [0.717, 1.165) is 5.75 Å². The van der Waals surface area contributed by atoms with Crippen molar-refractivity contribution in [3.8, 4) is 5.75 Å². The van der Waals surface area contributed by atoms with E-state index in [-0.39, 0.29) is 17.9 Å². The van der Waals surface area contributed by atoms with Crippen LogP contribution in [0.3, 0.4) is 0 Å². The Morgan fingerprint density at radius 2 is 1.90 bits per heavy atom. The average molecular weight is 286 g/mol. The minimum absolute atomic E-state index is 0.00801. The molecule has 110 valence electrons. The Morgan fingerprint density at radius 3 is 2.48 bits per heavy atom. The highest BCUT2D eigenvalue weighted by molar-refractivity contribution is 5.96. The molecule has 0 aliphatic carbocycles. The van der Waals surface area contributed by atoms with Crippen LogP contribution in [-0.4, -0.2) is 21.9 Å². The smallest absolute Gasteiger partial charge is 0.254 e. The van der Waals surface area contributed by atoms with Crippen LogP contribution in [0.5, 0.6) is 5.75 Å². The third kappa shape index (κ3) is 3.56. The lowest BCUT2D eigenvalue weighted by Gasteiger charge is -2.09. The quantitative estimate of drug-likeness (QED) is 0.790. The molecule has 5 nitrogen and oxygen atoms in total. The second-order valence-electron chi connectivity index (χ2n) is 4.75. The lowest BCUT2D eigenvalue weighted by atomic mass is 10.1. The summed E-state index contributed by atoms with van der Waals surface area (Å²) in [6.07, 6.45) is 0. The van der Waals surface area contributed by atoms with Gasteiger partial charge >= 0.3 is 0 Å². The van der Waals surface area contributed by atoms with Crippen molar-refractivity contribution < 1.29 is 9.53 Å². The fourth-order valence-electron chi connectivity index (χ4n) is 2.09. The van der Waals surface area contributed by atoms with Gasteiger partial charge in [0.05, 0.1) is 13.2 Å². The molecule has 0 saturated heterocycles. The van der Waals surface area contributed by atoms with E-state index in [1.54, 1.807) is 38.1 Å². The van der Waals surface area contributed by atoms with Crippen LogP contribution in [0.2, 0.25) is 0 Å². The molecule has 2 aromatic rings. The molecule has 0 unspecified atom stereocenters. The van der Waals surface area contributed by atoms with Gasteiger partial charge in [-0.3, -0.25) is 14.2 Å². The molecule has 0 radical (unpaired) electrons. The average Bonchev–Trinajstić information content (AvgIpc) is 2.43. The molecule has 0 aliphatic heterocycles. The van der Waals surface area contributed by atoms with Crippen molar-refractivity contribution in [1.29, 1.82) is 0 Å². The second kappa shape index (κ2) is 6.35. The first kappa shape index (κ1) is 15.0. The lowest BCUT2D eigenvalue weighted by Crippen LogP contribution is -2.27. The number of rotatable bonds is 5. The van der Waals surface area contributed by atoms with Crippen molar-refractivity contribution in [2.45, 2.75) is 27.3 Å². The van der Waals surface area contributed by atoms with E-state index in [9.17, 15) is 9.59 Å². The Kier molecular flexibility index (Phi) is 4.52. The number of hydrogen-bond acceptors (Lipinski definition) is 4. The number of ketones is 1. The van der Waals surface area contributed by atoms with Crippen LogP contribution in [-0.2, 0) is 6.54 Å². The summed E-state index contributed by atoms with van der Waals surface area (Å²) in [6.45, 7) is 5.95. The summed E-state index contributed by atoms with van der Waals surface area (Å²) in [6, 6.07) is 8.34. The predicted molar refractivity (Wildman–Crippen MR) is 79.9 cm³/mol. The molecule has 21 heavy (non-hydrogen) atoms. The topological polar surface area (TPSA) is 61.2 Å². The van der Waals surface area contributed by atoms with E-state index in [2.05, 4.69) is 4.98 Å². The van der Waals surface area contributed by atoms with E-state index in [4.69, 9.17) is 4.74 Å². The van der Waals surface area contributed by atoms with Gasteiger partial charge in [0.2, 0.25) is 0 Å². The van der Waals surface area contributed by atoms with Gasteiger partial charge in [-0.05, 0) is 45.0 Å². The molecule has 0 fully saturated rings. The van der Waals surface area contributed by atoms with Crippen molar-refractivity contribution in [3.63, 3.8) is 0 Å². The summed E-state index contributed by atoms with van der Waals surface area (Å²) in [7, 11) is 0. The van der Waals surface area contributed by atoms with Crippen LogP contribution < -0.4 is 10.3 Å². The van der Waals surface area contributed by atoms with Crippen molar-refractivity contribution in [2.24, 2.45) is 0 Å². The number of aryl methyl sites for hydroxylation is 2. The second-order valence-corrected chi connectivity index (χ2v) is 4.75. The third-order valence-electron chi connectivity index (χ3n) is 3.12. The minimum Gasteiger partial charge on any atom is -0.494 e. The molecule has 5 heteroatoms. The third-order valence-corrected chi connectivity index (χ3v) is 3.12. The van der Waals surface area contributed by atoms with Gasteiger partial charge in [-0.15, -0.1) is 0 Å². The first-order valence-corrected chi connectivity index (χ1v) is 6.82. The van der Waals surface area contributed by atoms with Crippen molar-refractivity contribution in [1.82, 2.24) is 9.55 Å². The highest BCUT2D eigenvalue weighted by Gasteiger charge is 2.11. The summed E-state index contributed by atoms with van der Waals surface area (Å²) in [5.74, 6) is 1.13. The number of carbonyl (C=O) groups is 1. The molecular weight excluding hydrogens is 268 g/mol. The van der Waals surface area contributed by atoms with Gasteiger partial charge in [0.15, 0.2) is 5.78 Å². The van der Waals surface area contributed by atoms with Crippen LogP contribution in [0.15, 0.2) is 35.1 Å². The number of ether oxygens (including phenoxy) is 1. The predicted octanol–water partition coefficient (Wildman–Crippen LogP) is 2.14. The number of benzene rings is 1. The number of carbonyl (C=O) groups excluding carboxylic acids is 1. The fraction of sp³-hybridized carbons (Fsp3) is 0.312. The van der Waals surface area contributed by atoms with E-state index in [1.165, 1.54) is 10.6 Å². The monoisotopic (exact) mass is 286 g/mol. The molecule has 0 N–H and O–H groups in total. The van der Waals surface area contributed by atoms with E-state index in [0.29, 0.717) is 23.7 Å². The highest BCUT2D eigenvalue weighted by Crippen LogP contribution is 2.13. The minimum atomic E-state index is -0.209. The maximum atomic E-state index is 12.2. The SMILES string of the molecule is CCOc1ccc(C(=O)Cn2c(C)nc(C)cc2=O)cc1. The number of hydrogen-bond donors (Lipinski definition) is 0. The van der Waals surface area contributed by atoms with E-state index < -0.39 is 0 Å². The maximum Gasteiger partial charge on any atom is 0.254 e. The molecule has 0 amide bonds. The van der Waals surface area contributed by atoms with Gasteiger partial charge in [-0.2, -0.15) is 0 Å². The Labute approximate surface area is 123 Å². The number of Topliss-reactive ketones (excluding diaryl/α,β-unsaturated/α-hetero) is 1. The molecule has 0 aliphatic rings. The van der Waals surface area contributed by atoms with Gasteiger partial charge < -0.3 is 4.74 Å². The lowest BCUT2D eigenvalue weighted by molar-refractivity contribution is 0.0969. The molecule has 0 spiro atoms. The zero-order chi connectivity index (χ0) is 15.4. The summed E-state index contributed by atoms with van der Waals surface area (Å²) in [4.78, 5) is 28.4. The molecule has 0 atom stereocenters. The summed E-state index contributed by atoms with van der Waals surface area (Å²) in [5, 5.41) is 0. The van der Waals surface area contributed by atoms with Crippen LogP contribution in [0.25, 0.3) is 0 Å². The van der Waals surface area contributed by atoms with Crippen LogP contribution in [0.4, 0.5) is 0 Å². The first-order chi connectivity index (χ1) is 10.0. The van der Waals surface area contributed by atoms with Crippen molar-refractivity contribution in [3.05, 3.63) is 57.8 Å². The first-order valence-electron chi connectivity index (χ1n) is 6.82. The molecule has 0 bridgehead atoms. The molecule has 1 aromatic heterocycles. The van der Waals surface area contributed by atoms with Crippen molar-refractivity contribution in [2.75, 3.05) is 6.61 Å². The summed E-state index contributed by atoms with van der Waals surface area (Å²) < 4.78 is 6.71. The van der Waals surface area contributed by atoms with Gasteiger partial charge in [-0.25, -0.2) is 4.98 Å². The Hall–Kier alpha value is -2.43. The molecule has 0 saturated carbocycles. The maximum absolute atomic E-state index is 12.2. The molecular formula is C16H18N2O3.